The number of hydrogen-bond donors (Lipinski definition) is 3. The van der Waals surface area contributed by atoms with Crippen LogP contribution in [0.1, 0.15) is 12.0 Å². The molecule has 8 nitrogen and oxygen atoms in total. The van der Waals surface area contributed by atoms with Crippen molar-refractivity contribution in [2.24, 2.45) is 4.99 Å². The number of hydrogen-bond acceptors (Lipinski definition) is 6. The summed E-state index contributed by atoms with van der Waals surface area (Å²) < 4.78 is 0. The molecule has 0 saturated carbocycles. The molecule has 0 saturated heterocycles. The first kappa shape index (κ1) is 14.6. The molecule has 0 aliphatic carbocycles. The molecule has 0 aliphatic heterocycles. The lowest BCUT2D eigenvalue weighted by atomic mass is 10.2. The van der Waals surface area contributed by atoms with Gasteiger partial charge in [-0.2, -0.15) is 0 Å². The average molecular weight is 268 g/mol. The molecule has 102 valence electrons. The van der Waals surface area contributed by atoms with E-state index in [4.69, 9.17) is 5.11 Å². The Morgan fingerprint density at radius 1 is 1.53 bits per heavy atom. The van der Waals surface area contributed by atoms with Crippen molar-refractivity contribution in [3.63, 3.8) is 0 Å². The topological polar surface area (TPSA) is 133 Å². The van der Waals surface area contributed by atoms with Gasteiger partial charge in [0, 0.05) is 23.9 Å². The van der Waals surface area contributed by atoms with Crippen molar-refractivity contribution < 1.29 is 25.0 Å². The molecule has 0 spiro atoms. The van der Waals surface area contributed by atoms with Gasteiger partial charge in [-0.05, 0) is 6.07 Å². The predicted octanol–water partition coefficient (Wildman–Crippen LogP) is 0.555. The smallest absolute Gasteiger partial charge is 0.306 e. The van der Waals surface area contributed by atoms with Gasteiger partial charge < -0.3 is 15.3 Å². The highest BCUT2D eigenvalue weighted by Gasteiger charge is 2.10. The van der Waals surface area contributed by atoms with E-state index in [1.807, 2.05) is 0 Å². The lowest BCUT2D eigenvalue weighted by molar-refractivity contribution is -0.384. The Morgan fingerprint density at radius 3 is 2.79 bits per heavy atom. The van der Waals surface area contributed by atoms with Crippen LogP contribution in [0.15, 0.2) is 23.2 Å². The highest BCUT2D eigenvalue weighted by atomic mass is 16.6. The minimum Gasteiger partial charge on any atom is -0.507 e. The molecule has 8 heteroatoms. The first-order chi connectivity index (χ1) is 8.90. The number of nitro groups is 1. The molecule has 0 radical (unpaired) electrons. The summed E-state index contributed by atoms with van der Waals surface area (Å²) in [5.41, 5.74) is -0.0814. The van der Waals surface area contributed by atoms with E-state index >= 15 is 0 Å². The van der Waals surface area contributed by atoms with Crippen LogP contribution in [-0.4, -0.2) is 45.1 Å². The van der Waals surface area contributed by atoms with E-state index in [-0.39, 0.29) is 23.5 Å². The van der Waals surface area contributed by atoms with Gasteiger partial charge in [0.05, 0.1) is 24.0 Å². The van der Waals surface area contributed by atoms with Gasteiger partial charge in [0.15, 0.2) is 0 Å². The minimum absolute atomic E-state index is 0.122. The Labute approximate surface area is 107 Å². The Bertz CT molecular complexity index is 514. The number of phenolic OH excluding ortho intramolecular Hbond substituents is 1. The highest BCUT2D eigenvalue weighted by Crippen LogP contribution is 2.21. The van der Waals surface area contributed by atoms with E-state index in [0.717, 1.165) is 24.4 Å². The number of aliphatic hydroxyl groups excluding tert-OH is 1. The van der Waals surface area contributed by atoms with Gasteiger partial charge in [-0.25, -0.2) is 0 Å². The van der Waals surface area contributed by atoms with Crippen LogP contribution < -0.4 is 0 Å². The zero-order valence-corrected chi connectivity index (χ0v) is 9.76. The second-order valence-electron chi connectivity index (χ2n) is 3.75. The number of carboxylic acid groups (broad SMARTS) is 1. The van der Waals surface area contributed by atoms with Crippen molar-refractivity contribution in [2.75, 3.05) is 6.54 Å². The van der Waals surface area contributed by atoms with E-state index < -0.39 is 23.4 Å². The molecule has 0 heterocycles. The number of aliphatic imine (C=N–C) groups is 1. The summed E-state index contributed by atoms with van der Waals surface area (Å²) in [6.45, 7) is -0.172. The van der Waals surface area contributed by atoms with Crippen LogP contribution >= 0.6 is 0 Å². The number of aliphatic carboxylic acids is 1. The monoisotopic (exact) mass is 268 g/mol. The highest BCUT2D eigenvalue weighted by molar-refractivity contribution is 5.84. The summed E-state index contributed by atoms with van der Waals surface area (Å²) in [4.78, 5) is 24.0. The maximum Gasteiger partial charge on any atom is 0.306 e. The van der Waals surface area contributed by atoms with E-state index in [9.17, 15) is 25.1 Å². The number of aromatic hydroxyl groups is 1. The molecule has 1 rings (SSSR count). The van der Waals surface area contributed by atoms with Crippen LogP contribution in [0.25, 0.3) is 0 Å². The standard InChI is InChI=1S/C11H12N2O6/c14-9(4-11(16)17)6-12-5-7-3-8(13(18)19)1-2-10(7)15/h1-3,5,9,14-15H,4,6H2,(H,16,17). The van der Waals surface area contributed by atoms with Crippen LogP contribution in [0, 0.1) is 10.1 Å². The summed E-state index contributed by atoms with van der Waals surface area (Å²) in [5.74, 6) is -1.34. The molecular weight excluding hydrogens is 256 g/mol. The fourth-order valence-electron chi connectivity index (χ4n) is 1.30. The van der Waals surface area contributed by atoms with Gasteiger partial charge in [0.1, 0.15) is 5.75 Å². The van der Waals surface area contributed by atoms with Crippen molar-refractivity contribution in [1.82, 2.24) is 0 Å². The van der Waals surface area contributed by atoms with Crippen molar-refractivity contribution in [1.29, 1.82) is 0 Å². The van der Waals surface area contributed by atoms with Crippen molar-refractivity contribution in [2.45, 2.75) is 12.5 Å². The normalized spacial score (nSPS) is 12.5. The first-order valence-corrected chi connectivity index (χ1v) is 5.27. The largest absolute Gasteiger partial charge is 0.507 e. The quantitative estimate of drug-likeness (QED) is 0.392. The number of rotatable bonds is 6. The summed E-state index contributed by atoms with van der Waals surface area (Å²) in [6.07, 6.45) is -0.444. The van der Waals surface area contributed by atoms with Crippen LogP contribution in [-0.2, 0) is 4.79 Å². The molecule has 1 atom stereocenters. The maximum absolute atomic E-state index is 10.5. The third-order valence-electron chi connectivity index (χ3n) is 2.18. The molecule has 1 unspecified atom stereocenters. The van der Waals surface area contributed by atoms with Gasteiger partial charge in [-0.3, -0.25) is 19.9 Å². The molecule has 0 amide bonds. The molecule has 1 aromatic carbocycles. The third kappa shape index (κ3) is 4.72. The number of nitrogens with zero attached hydrogens (tertiary/aromatic N) is 2. The van der Waals surface area contributed by atoms with E-state index in [1.54, 1.807) is 0 Å². The molecule has 0 fully saturated rings. The molecule has 3 N–H and O–H groups in total. The zero-order valence-electron chi connectivity index (χ0n) is 9.76. The van der Waals surface area contributed by atoms with E-state index in [1.165, 1.54) is 0 Å². The predicted molar refractivity (Wildman–Crippen MR) is 65.5 cm³/mol. The molecule has 19 heavy (non-hydrogen) atoms. The Kier molecular flexibility index (Phi) is 4.95. The summed E-state index contributed by atoms with van der Waals surface area (Å²) in [6, 6.07) is 3.43. The summed E-state index contributed by atoms with van der Waals surface area (Å²) in [5, 5.41) is 37.7. The Balaban J connectivity index is 2.73. The minimum atomic E-state index is -1.15. The van der Waals surface area contributed by atoms with Gasteiger partial charge in [0.25, 0.3) is 5.69 Å². The number of carbonyl (C=O) groups is 1. The lowest BCUT2D eigenvalue weighted by Gasteiger charge is -2.03. The molecule has 0 aromatic heterocycles. The number of carboxylic acids is 1. The van der Waals surface area contributed by atoms with Gasteiger partial charge in [0.2, 0.25) is 0 Å². The fraction of sp³-hybridized carbons (Fsp3) is 0.273. The second-order valence-corrected chi connectivity index (χ2v) is 3.75. The van der Waals surface area contributed by atoms with Crippen molar-refractivity contribution in [3.8, 4) is 5.75 Å². The van der Waals surface area contributed by atoms with Crippen LogP contribution in [0.4, 0.5) is 5.69 Å². The Morgan fingerprint density at radius 2 is 2.21 bits per heavy atom. The number of non-ortho nitro benzene ring substituents is 1. The molecule has 1 aromatic rings. The third-order valence-corrected chi connectivity index (χ3v) is 2.18. The van der Waals surface area contributed by atoms with Crippen LogP contribution in [0.5, 0.6) is 5.75 Å². The van der Waals surface area contributed by atoms with Crippen LogP contribution in [0.3, 0.4) is 0 Å². The SMILES string of the molecule is O=C(O)CC(O)CN=Cc1cc([N+](=O)[O-])ccc1O. The molecule has 0 bridgehead atoms. The van der Waals surface area contributed by atoms with Crippen molar-refractivity contribution >= 4 is 17.9 Å². The summed E-state index contributed by atoms with van der Waals surface area (Å²) >= 11 is 0. The summed E-state index contributed by atoms with van der Waals surface area (Å²) in [7, 11) is 0. The van der Waals surface area contributed by atoms with Gasteiger partial charge >= 0.3 is 5.97 Å². The van der Waals surface area contributed by atoms with Crippen LogP contribution in [0.2, 0.25) is 0 Å². The van der Waals surface area contributed by atoms with E-state index in [2.05, 4.69) is 4.99 Å². The number of benzene rings is 1. The maximum atomic E-state index is 10.5. The number of aliphatic hydroxyl groups is 1. The zero-order chi connectivity index (χ0) is 14.4. The lowest BCUT2D eigenvalue weighted by Crippen LogP contribution is -2.16. The molecular formula is C11H12N2O6. The average Bonchev–Trinajstić information content (AvgIpc) is 2.30. The Hall–Kier alpha value is -2.48. The van der Waals surface area contributed by atoms with Gasteiger partial charge in [-0.15, -0.1) is 0 Å². The first-order valence-electron chi connectivity index (χ1n) is 5.27. The number of phenols is 1. The van der Waals surface area contributed by atoms with Crippen molar-refractivity contribution in [3.05, 3.63) is 33.9 Å². The number of nitro benzene ring substituents is 1. The van der Waals surface area contributed by atoms with E-state index in [0.29, 0.717) is 0 Å². The van der Waals surface area contributed by atoms with Gasteiger partial charge in [-0.1, -0.05) is 0 Å². The molecule has 0 aliphatic rings. The second kappa shape index (κ2) is 6.45. The fourth-order valence-corrected chi connectivity index (χ4v) is 1.30.